The Hall–Kier alpha value is -2.77. The summed E-state index contributed by atoms with van der Waals surface area (Å²) in [6.45, 7) is 1.13. The number of esters is 1. The van der Waals surface area contributed by atoms with E-state index in [-0.39, 0.29) is 11.9 Å². The number of hydrogen-bond acceptors (Lipinski definition) is 6. The summed E-state index contributed by atoms with van der Waals surface area (Å²) in [7, 11) is 0. The van der Waals surface area contributed by atoms with Crippen LogP contribution < -0.4 is 10.9 Å². The second-order valence-electron chi connectivity index (χ2n) is 6.55. The maximum Gasteiger partial charge on any atom is 0.328 e. The first-order valence-corrected chi connectivity index (χ1v) is 8.87. The topological polar surface area (TPSA) is 103 Å². The summed E-state index contributed by atoms with van der Waals surface area (Å²) >= 11 is 0. The molecule has 0 saturated heterocycles. The molecule has 2 aromatic rings. The first-order valence-electron chi connectivity index (χ1n) is 8.87. The van der Waals surface area contributed by atoms with E-state index in [1.54, 1.807) is 24.3 Å². The second kappa shape index (κ2) is 8.07. The minimum atomic E-state index is -0.923. The lowest BCUT2D eigenvalue weighted by Crippen LogP contribution is -2.43. The van der Waals surface area contributed by atoms with E-state index in [0.29, 0.717) is 10.9 Å². The van der Waals surface area contributed by atoms with Crippen molar-refractivity contribution < 1.29 is 14.3 Å². The van der Waals surface area contributed by atoms with Gasteiger partial charge >= 0.3 is 5.97 Å². The van der Waals surface area contributed by atoms with Crippen LogP contribution in [0.2, 0.25) is 0 Å². The van der Waals surface area contributed by atoms with E-state index >= 15 is 0 Å². The van der Waals surface area contributed by atoms with Gasteiger partial charge in [-0.1, -0.05) is 36.6 Å². The molecule has 0 radical (unpaired) electrons. The maximum atomic E-state index is 12.3. The Balaban J connectivity index is 1.59. The quantitative estimate of drug-likeness (QED) is 0.805. The summed E-state index contributed by atoms with van der Waals surface area (Å²) in [5, 5.41) is 10.9. The van der Waals surface area contributed by atoms with Gasteiger partial charge in [0.05, 0.1) is 5.39 Å². The van der Waals surface area contributed by atoms with E-state index in [1.807, 2.05) is 0 Å². The van der Waals surface area contributed by atoms with Crippen molar-refractivity contribution in [3.63, 3.8) is 0 Å². The van der Waals surface area contributed by atoms with Gasteiger partial charge in [-0.15, -0.1) is 5.10 Å². The molecule has 1 aromatic carbocycles. The number of nitrogens with one attached hydrogen (secondary N) is 1. The van der Waals surface area contributed by atoms with Crippen molar-refractivity contribution in [1.29, 1.82) is 0 Å². The number of carbonyl (C=O) groups is 2. The monoisotopic (exact) mass is 358 g/mol. The second-order valence-corrected chi connectivity index (χ2v) is 6.55. The smallest absolute Gasteiger partial charge is 0.328 e. The summed E-state index contributed by atoms with van der Waals surface area (Å²) < 4.78 is 6.09. The molecule has 8 nitrogen and oxygen atoms in total. The Bertz CT molecular complexity index is 858. The molecule has 0 bridgehead atoms. The lowest BCUT2D eigenvalue weighted by Gasteiger charge is -2.24. The van der Waals surface area contributed by atoms with E-state index in [4.69, 9.17) is 4.74 Å². The predicted molar refractivity (Wildman–Crippen MR) is 94.4 cm³/mol. The molecule has 8 heteroatoms. The number of rotatable bonds is 5. The number of nitrogens with zero attached hydrogens (tertiary/aromatic N) is 3. The number of ether oxygens (including phenoxy) is 1. The molecule has 0 spiro atoms. The number of hydrogen-bond donors (Lipinski definition) is 1. The summed E-state index contributed by atoms with van der Waals surface area (Å²) in [6, 6.07) is 6.90. The first kappa shape index (κ1) is 18.0. The third-order valence-electron chi connectivity index (χ3n) is 4.54. The van der Waals surface area contributed by atoms with Crippen molar-refractivity contribution >= 4 is 22.8 Å². The summed E-state index contributed by atoms with van der Waals surface area (Å²) in [6.07, 6.45) is 4.38. The van der Waals surface area contributed by atoms with E-state index < -0.39 is 24.2 Å². The number of aromatic nitrogens is 3. The van der Waals surface area contributed by atoms with Gasteiger partial charge in [0, 0.05) is 6.04 Å². The van der Waals surface area contributed by atoms with Crippen LogP contribution in [0.5, 0.6) is 0 Å². The van der Waals surface area contributed by atoms with Crippen LogP contribution in [-0.4, -0.2) is 39.0 Å². The average molecular weight is 358 g/mol. The normalized spacial score (nSPS) is 16.2. The van der Waals surface area contributed by atoms with E-state index in [2.05, 4.69) is 15.6 Å². The number of carbonyl (C=O) groups excluding carboxylic acids is 2. The fourth-order valence-corrected chi connectivity index (χ4v) is 3.10. The molecule has 0 aliphatic heterocycles. The molecule has 26 heavy (non-hydrogen) atoms. The third kappa shape index (κ3) is 4.25. The SMILES string of the molecule is CC(OC(=O)Cn1nnc2ccccc2c1=O)C(=O)NC1CCCCC1. The van der Waals surface area contributed by atoms with Gasteiger partial charge in [0.25, 0.3) is 11.5 Å². The van der Waals surface area contributed by atoms with Crippen LogP contribution in [0.1, 0.15) is 39.0 Å². The van der Waals surface area contributed by atoms with Crippen molar-refractivity contribution in [3.05, 3.63) is 34.6 Å². The molecule has 1 aromatic heterocycles. The van der Waals surface area contributed by atoms with Crippen LogP contribution in [0.4, 0.5) is 0 Å². The standard InChI is InChI=1S/C18H22N4O4/c1-12(17(24)19-13-7-3-2-4-8-13)26-16(23)11-22-18(25)14-9-5-6-10-15(14)20-21-22/h5-6,9-10,12-13H,2-4,7-8,11H2,1H3,(H,19,24). The maximum absolute atomic E-state index is 12.3. The zero-order valence-corrected chi connectivity index (χ0v) is 14.7. The molecule has 138 valence electrons. The lowest BCUT2D eigenvalue weighted by atomic mass is 9.95. The zero-order valence-electron chi connectivity index (χ0n) is 14.7. The number of fused-ring (bicyclic) bond motifs is 1. The molecule has 3 rings (SSSR count). The highest BCUT2D eigenvalue weighted by atomic mass is 16.5. The van der Waals surface area contributed by atoms with Crippen molar-refractivity contribution in [3.8, 4) is 0 Å². The highest BCUT2D eigenvalue weighted by molar-refractivity contribution is 5.83. The van der Waals surface area contributed by atoms with Crippen LogP contribution >= 0.6 is 0 Å². The Labute approximate surface area is 150 Å². The Kier molecular flexibility index (Phi) is 5.60. The van der Waals surface area contributed by atoms with Gasteiger partial charge in [0.15, 0.2) is 6.10 Å². The van der Waals surface area contributed by atoms with Crippen molar-refractivity contribution in [1.82, 2.24) is 20.3 Å². The van der Waals surface area contributed by atoms with Crippen LogP contribution in [0, 0.1) is 0 Å². The summed E-state index contributed by atoms with van der Waals surface area (Å²) in [5.41, 5.74) is 0.0363. The van der Waals surface area contributed by atoms with E-state index in [9.17, 15) is 14.4 Å². The van der Waals surface area contributed by atoms with Gasteiger partial charge in [-0.2, -0.15) is 4.68 Å². The fourth-order valence-electron chi connectivity index (χ4n) is 3.10. The molecule has 1 unspecified atom stereocenters. The van der Waals surface area contributed by atoms with Crippen LogP contribution in [0.15, 0.2) is 29.1 Å². The van der Waals surface area contributed by atoms with Crippen LogP contribution in [0.25, 0.3) is 10.9 Å². The van der Waals surface area contributed by atoms with Crippen molar-refractivity contribution in [2.45, 2.75) is 57.7 Å². The minimum absolute atomic E-state index is 0.145. The van der Waals surface area contributed by atoms with Gasteiger partial charge in [-0.05, 0) is 31.9 Å². The molecule has 1 N–H and O–H groups in total. The summed E-state index contributed by atoms with van der Waals surface area (Å²) in [5.74, 6) is -1.02. The fraction of sp³-hybridized carbons (Fsp3) is 0.500. The minimum Gasteiger partial charge on any atom is -0.451 e. The zero-order chi connectivity index (χ0) is 18.5. The van der Waals surface area contributed by atoms with E-state index in [1.165, 1.54) is 13.3 Å². The first-order chi connectivity index (χ1) is 12.5. The molecular formula is C18H22N4O4. The van der Waals surface area contributed by atoms with Gasteiger partial charge in [-0.3, -0.25) is 14.4 Å². The Morgan fingerprint density at radius 3 is 2.77 bits per heavy atom. The van der Waals surface area contributed by atoms with Crippen LogP contribution in [-0.2, 0) is 20.9 Å². The Morgan fingerprint density at radius 2 is 2.00 bits per heavy atom. The number of benzene rings is 1. The Morgan fingerprint density at radius 1 is 1.27 bits per heavy atom. The molecule has 1 saturated carbocycles. The molecule has 1 fully saturated rings. The predicted octanol–water partition coefficient (Wildman–Crippen LogP) is 1.17. The third-order valence-corrected chi connectivity index (χ3v) is 4.54. The van der Waals surface area contributed by atoms with Gasteiger partial charge in [0.1, 0.15) is 12.1 Å². The molecule has 1 atom stereocenters. The number of amides is 1. The van der Waals surface area contributed by atoms with Gasteiger partial charge < -0.3 is 10.1 Å². The van der Waals surface area contributed by atoms with Gasteiger partial charge in [0.2, 0.25) is 0 Å². The lowest BCUT2D eigenvalue weighted by molar-refractivity contribution is -0.156. The van der Waals surface area contributed by atoms with Crippen molar-refractivity contribution in [2.24, 2.45) is 0 Å². The highest BCUT2D eigenvalue weighted by Crippen LogP contribution is 2.17. The van der Waals surface area contributed by atoms with E-state index in [0.717, 1.165) is 30.4 Å². The largest absolute Gasteiger partial charge is 0.451 e. The average Bonchev–Trinajstić information content (AvgIpc) is 2.65. The van der Waals surface area contributed by atoms with Crippen molar-refractivity contribution in [2.75, 3.05) is 0 Å². The molecule has 1 aliphatic carbocycles. The molecule has 1 heterocycles. The summed E-state index contributed by atoms with van der Waals surface area (Å²) in [4.78, 5) is 36.6. The van der Waals surface area contributed by atoms with Gasteiger partial charge in [-0.25, -0.2) is 0 Å². The molecular weight excluding hydrogens is 336 g/mol. The molecule has 1 amide bonds. The molecule has 1 aliphatic rings. The van der Waals surface area contributed by atoms with Crippen LogP contribution in [0.3, 0.4) is 0 Å². The highest BCUT2D eigenvalue weighted by Gasteiger charge is 2.22.